The van der Waals surface area contributed by atoms with Gasteiger partial charge in [0.2, 0.25) is 0 Å². The van der Waals surface area contributed by atoms with E-state index in [0.717, 1.165) is 5.92 Å². The molecule has 2 bridgehead atoms. The Bertz CT molecular complexity index is 313. The van der Waals surface area contributed by atoms with Crippen molar-refractivity contribution in [2.75, 3.05) is 5.75 Å². The lowest BCUT2D eigenvalue weighted by atomic mass is 9.70. The van der Waals surface area contributed by atoms with Gasteiger partial charge in [0.1, 0.15) is 0 Å². The van der Waals surface area contributed by atoms with Gasteiger partial charge >= 0.3 is 0 Å². The van der Waals surface area contributed by atoms with Gasteiger partial charge in [-0.15, -0.1) is 11.8 Å². The third-order valence-electron chi connectivity index (χ3n) is 5.28. The van der Waals surface area contributed by atoms with Crippen LogP contribution in [-0.2, 0) is 0 Å². The summed E-state index contributed by atoms with van der Waals surface area (Å²) in [6.45, 7) is 7.53. The van der Waals surface area contributed by atoms with Crippen LogP contribution in [0.25, 0.3) is 0 Å². The van der Waals surface area contributed by atoms with Gasteiger partial charge in [0, 0.05) is 5.41 Å². The van der Waals surface area contributed by atoms with Crippen molar-refractivity contribution in [1.82, 2.24) is 0 Å². The van der Waals surface area contributed by atoms with Crippen molar-refractivity contribution in [1.29, 1.82) is 0 Å². The molecule has 0 unspecified atom stereocenters. The smallest absolute Gasteiger partial charge is 0.00412 e. The Kier molecular flexibility index (Phi) is 1.74. The summed E-state index contributed by atoms with van der Waals surface area (Å²) in [7, 11) is 0. The van der Waals surface area contributed by atoms with Crippen LogP contribution in [0.5, 0.6) is 0 Å². The van der Waals surface area contributed by atoms with E-state index in [0.29, 0.717) is 10.8 Å². The number of thioether (sulfide) groups is 1. The highest BCUT2D eigenvalue weighted by atomic mass is 32.2. The highest BCUT2D eigenvalue weighted by molar-refractivity contribution is 8.03. The fourth-order valence-corrected chi connectivity index (χ4v) is 5.61. The van der Waals surface area contributed by atoms with Crippen LogP contribution in [0.15, 0.2) is 10.5 Å². The molecule has 0 radical (unpaired) electrons. The molecule has 0 aromatic carbocycles. The Morgan fingerprint density at radius 1 is 1.29 bits per heavy atom. The van der Waals surface area contributed by atoms with E-state index in [2.05, 4.69) is 32.5 Å². The van der Waals surface area contributed by atoms with Gasteiger partial charge in [-0.05, 0) is 47.7 Å². The molecule has 1 heterocycles. The molecule has 3 aliphatic rings. The van der Waals surface area contributed by atoms with Gasteiger partial charge in [-0.2, -0.15) is 0 Å². The number of fused-ring (bicyclic) bond motifs is 4. The Hall–Kier alpha value is 0.0900. The summed E-state index contributed by atoms with van der Waals surface area (Å²) in [4.78, 5) is 1.81. The molecular weight excluding hydrogens is 188 g/mol. The fourth-order valence-electron chi connectivity index (χ4n) is 4.01. The van der Waals surface area contributed by atoms with Crippen molar-refractivity contribution in [3.63, 3.8) is 0 Å². The lowest BCUT2D eigenvalue weighted by Gasteiger charge is -2.37. The summed E-state index contributed by atoms with van der Waals surface area (Å²) in [5.74, 6) is 2.30. The molecule has 0 spiro atoms. The predicted octanol–water partition coefficient (Wildman–Crippen LogP) is 4.22. The average molecular weight is 208 g/mol. The van der Waals surface area contributed by atoms with E-state index in [-0.39, 0.29) is 0 Å². The molecule has 0 amide bonds. The quantitative estimate of drug-likeness (QED) is 0.574. The molecule has 14 heavy (non-hydrogen) atoms. The van der Waals surface area contributed by atoms with Gasteiger partial charge in [-0.3, -0.25) is 0 Å². The first kappa shape index (κ1) is 9.33. The van der Waals surface area contributed by atoms with Gasteiger partial charge in [0.05, 0.1) is 0 Å². The Balaban J connectivity index is 2.13. The van der Waals surface area contributed by atoms with Crippen LogP contribution in [-0.4, -0.2) is 5.75 Å². The summed E-state index contributed by atoms with van der Waals surface area (Å²) < 4.78 is 0. The van der Waals surface area contributed by atoms with Gasteiger partial charge in [-0.25, -0.2) is 0 Å². The van der Waals surface area contributed by atoms with E-state index >= 15 is 0 Å². The normalized spacial score (nSPS) is 44.4. The molecule has 78 valence electrons. The molecule has 0 saturated heterocycles. The standard InChI is InChI=1S/C13H20S/c1-12(2)10-6-7-13(12,3)11-9(10)5-4-8-14-11/h10H,4-8H2,1-3H3/t10-,13+/m1/s1. The largest absolute Gasteiger partial charge is 0.130 e. The minimum Gasteiger partial charge on any atom is -0.130 e. The minimum absolute atomic E-state index is 0.540. The van der Waals surface area contributed by atoms with Gasteiger partial charge in [0.15, 0.2) is 0 Å². The molecule has 1 saturated carbocycles. The number of hydrogen-bond donors (Lipinski definition) is 0. The van der Waals surface area contributed by atoms with Crippen LogP contribution in [0, 0.1) is 16.7 Å². The second-order valence-corrected chi connectivity index (χ2v) is 7.06. The maximum absolute atomic E-state index is 2.52. The number of allylic oxidation sites excluding steroid dienone is 2. The number of hydrogen-bond acceptors (Lipinski definition) is 1. The lowest BCUT2D eigenvalue weighted by molar-refractivity contribution is 0.176. The molecule has 0 aromatic heterocycles. The fraction of sp³-hybridized carbons (Fsp3) is 0.846. The molecule has 3 rings (SSSR count). The van der Waals surface area contributed by atoms with Gasteiger partial charge in [0.25, 0.3) is 0 Å². The van der Waals surface area contributed by atoms with Gasteiger partial charge < -0.3 is 0 Å². The maximum Gasteiger partial charge on any atom is 0.00412 e. The molecule has 1 fully saturated rings. The average Bonchev–Trinajstić information content (AvgIpc) is 2.49. The molecule has 0 N–H and O–H groups in total. The van der Waals surface area contributed by atoms with Crippen LogP contribution >= 0.6 is 11.8 Å². The lowest BCUT2D eigenvalue weighted by Crippen LogP contribution is -2.29. The topological polar surface area (TPSA) is 0 Å². The van der Waals surface area contributed by atoms with Crippen LogP contribution in [0.2, 0.25) is 0 Å². The third kappa shape index (κ3) is 0.839. The molecule has 0 nitrogen and oxygen atoms in total. The van der Waals surface area contributed by atoms with Crippen molar-refractivity contribution in [3.05, 3.63) is 10.5 Å². The van der Waals surface area contributed by atoms with E-state index in [4.69, 9.17) is 0 Å². The van der Waals surface area contributed by atoms with Crippen LogP contribution < -0.4 is 0 Å². The molecule has 1 heteroatoms. The van der Waals surface area contributed by atoms with Crippen LogP contribution in [0.1, 0.15) is 46.5 Å². The Labute approximate surface area is 91.5 Å². The Morgan fingerprint density at radius 3 is 2.79 bits per heavy atom. The number of rotatable bonds is 0. The first-order valence-corrected chi connectivity index (χ1v) is 6.92. The Morgan fingerprint density at radius 2 is 2.07 bits per heavy atom. The summed E-state index contributed by atoms with van der Waals surface area (Å²) >= 11 is 2.18. The van der Waals surface area contributed by atoms with Crippen molar-refractivity contribution in [2.45, 2.75) is 46.5 Å². The minimum atomic E-state index is 0.540. The molecule has 1 aliphatic heterocycles. The summed E-state index contributed by atoms with van der Waals surface area (Å²) in [5.41, 5.74) is 2.95. The van der Waals surface area contributed by atoms with Crippen LogP contribution in [0.4, 0.5) is 0 Å². The molecule has 2 aliphatic carbocycles. The van der Waals surface area contributed by atoms with Crippen molar-refractivity contribution in [2.24, 2.45) is 16.7 Å². The van der Waals surface area contributed by atoms with E-state index in [1.807, 2.05) is 10.5 Å². The summed E-state index contributed by atoms with van der Waals surface area (Å²) in [6.07, 6.45) is 5.73. The van der Waals surface area contributed by atoms with Crippen molar-refractivity contribution < 1.29 is 0 Å². The predicted molar refractivity (Wildman–Crippen MR) is 63.3 cm³/mol. The van der Waals surface area contributed by atoms with Crippen LogP contribution in [0.3, 0.4) is 0 Å². The highest BCUT2D eigenvalue weighted by Gasteiger charge is 2.60. The molecule has 0 aromatic rings. The van der Waals surface area contributed by atoms with Crippen molar-refractivity contribution >= 4 is 11.8 Å². The zero-order valence-electron chi connectivity index (χ0n) is 9.52. The molecular formula is C13H20S. The summed E-state index contributed by atoms with van der Waals surface area (Å²) in [6, 6.07) is 0. The second kappa shape index (κ2) is 2.61. The first-order chi connectivity index (χ1) is 6.57. The zero-order valence-corrected chi connectivity index (χ0v) is 10.3. The second-order valence-electron chi connectivity index (χ2n) is 5.95. The monoisotopic (exact) mass is 208 g/mol. The zero-order chi connectivity index (χ0) is 9.97. The third-order valence-corrected chi connectivity index (χ3v) is 6.77. The van der Waals surface area contributed by atoms with E-state index in [1.165, 1.54) is 31.4 Å². The maximum atomic E-state index is 2.52. The van der Waals surface area contributed by atoms with Gasteiger partial charge in [-0.1, -0.05) is 26.3 Å². The van der Waals surface area contributed by atoms with Crippen molar-refractivity contribution in [3.8, 4) is 0 Å². The first-order valence-electron chi connectivity index (χ1n) is 5.94. The highest BCUT2D eigenvalue weighted by Crippen LogP contribution is 2.71. The van der Waals surface area contributed by atoms with E-state index in [1.54, 1.807) is 0 Å². The van der Waals surface area contributed by atoms with E-state index in [9.17, 15) is 0 Å². The summed E-state index contributed by atoms with van der Waals surface area (Å²) in [5, 5.41) is 0. The SMILES string of the molecule is CC1(C)[C@@H]2CC[C@@]1(C)C1=C2CCCS1. The molecule has 2 atom stereocenters. The van der Waals surface area contributed by atoms with E-state index < -0.39 is 0 Å².